The highest BCUT2D eigenvalue weighted by molar-refractivity contribution is 7.26. The molecule has 0 atom stereocenters. The first-order valence-corrected chi connectivity index (χ1v) is 14.2. The fraction of sp³-hybridized carbons (Fsp3) is 0.0270. The normalized spacial score (nSPS) is 13.2. The lowest BCUT2D eigenvalue weighted by molar-refractivity contribution is 1.18. The number of hydrogen-bond donors (Lipinski definition) is 0. The van der Waals surface area contributed by atoms with E-state index < -0.39 is 0 Å². The van der Waals surface area contributed by atoms with Crippen molar-refractivity contribution in [2.45, 2.75) is 6.42 Å². The number of fused-ring (bicyclic) bond motifs is 3. The van der Waals surface area contributed by atoms with Gasteiger partial charge in [0.15, 0.2) is 0 Å². The zero-order valence-electron chi connectivity index (χ0n) is 21.5. The molecule has 2 heteroatoms. The Morgan fingerprint density at radius 3 is 2.03 bits per heavy atom. The SMILES string of the molecule is C1=CC(N(c2ccccc2)c2ccc(-c3cccc4c3sc3ccccc34)cc2)=CCC=C1c1ccccc1. The van der Waals surface area contributed by atoms with Crippen LogP contribution < -0.4 is 4.90 Å². The van der Waals surface area contributed by atoms with E-state index in [1.165, 1.54) is 48.1 Å². The largest absolute Gasteiger partial charge is 0.311 e. The molecule has 0 amide bonds. The first-order valence-electron chi connectivity index (χ1n) is 13.3. The van der Waals surface area contributed by atoms with E-state index in [0.29, 0.717) is 0 Å². The summed E-state index contributed by atoms with van der Waals surface area (Å²) in [4.78, 5) is 2.35. The molecule has 0 spiro atoms. The van der Waals surface area contributed by atoms with Gasteiger partial charge in [-0.25, -0.2) is 0 Å². The summed E-state index contributed by atoms with van der Waals surface area (Å²) in [7, 11) is 0. The zero-order chi connectivity index (χ0) is 26.0. The third-order valence-corrected chi connectivity index (χ3v) is 8.54. The van der Waals surface area contributed by atoms with Crippen molar-refractivity contribution in [2.75, 3.05) is 4.90 Å². The molecule has 0 fully saturated rings. The lowest BCUT2D eigenvalue weighted by Gasteiger charge is -2.26. The highest BCUT2D eigenvalue weighted by Crippen LogP contribution is 2.41. The van der Waals surface area contributed by atoms with Crippen LogP contribution in [-0.4, -0.2) is 0 Å². The van der Waals surface area contributed by atoms with E-state index in [9.17, 15) is 0 Å². The summed E-state index contributed by atoms with van der Waals surface area (Å²) < 4.78 is 2.68. The number of thiophene rings is 1. The Labute approximate surface area is 233 Å². The van der Waals surface area contributed by atoms with Gasteiger partial charge in [-0.05, 0) is 65.1 Å². The second-order valence-corrected chi connectivity index (χ2v) is 10.8. The van der Waals surface area contributed by atoms with Crippen LogP contribution in [0.4, 0.5) is 11.4 Å². The van der Waals surface area contributed by atoms with Gasteiger partial charge in [-0.2, -0.15) is 0 Å². The number of nitrogens with zero attached hydrogens (tertiary/aromatic N) is 1. The van der Waals surface area contributed by atoms with Gasteiger partial charge in [-0.1, -0.05) is 115 Å². The molecule has 0 N–H and O–H groups in total. The van der Waals surface area contributed by atoms with Crippen LogP contribution in [0.3, 0.4) is 0 Å². The Hall–Kier alpha value is -4.66. The van der Waals surface area contributed by atoms with Gasteiger partial charge in [0.25, 0.3) is 0 Å². The molecule has 0 bridgehead atoms. The first-order chi connectivity index (χ1) is 19.3. The summed E-state index contributed by atoms with van der Waals surface area (Å²) in [6, 6.07) is 45.6. The number of rotatable bonds is 5. The van der Waals surface area contributed by atoms with Gasteiger partial charge in [0.1, 0.15) is 0 Å². The van der Waals surface area contributed by atoms with E-state index in [1.54, 1.807) is 0 Å². The van der Waals surface area contributed by atoms with E-state index in [4.69, 9.17) is 0 Å². The molecule has 1 aliphatic carbocycles. The Morgan fingerprint density at radius 1 is 0.513 bits per heavy atom. The molecule has 1 aromatic heterocycles. The van der Waals surface area contributed by atoms with Crippen LogP contribution in [0.1, 0.15) is 12.0 Å². The van der Waals surface area contributed by atoms with Crippen LogP contribution in [0, 0.1) is 0 Å². The maximum absolute atomic E-state index is 2.35. The molecule has 1 heterocycles. The molecule has 0 saturated heterocycles. The first kappa shape index (κ1) is 23.5. The summed E-state index contributed by atoms with van der Waals surface area (Å²) >= 11 is 1.88. The number of benzene rings is 5. The predicted octanol–water partition coefficient (Wildman–Crippen LogP) is 10.8. The quantitative estimate of drug-likeness (QED) is 0.220. The summed E-state index contributed by atoms with van der Waals surface area (Å²) in [6.45, 7) is 0. The molecular formula is C37H27NS. The van der Waals surface area contributed by atoms with Crippen LogP contribution in [0.2, 0.25) is 0 Å². The average Bonchev–Trinajstić information content (AvgIpc) is 3.22. The summed E-state index contributed by atoms with van der Waals surface area (Å²) in [5, 5.41) is 2.67. The molecule has 0 unspecified atom stereocenters. The Kier molecular flexibility index (Phi) is 6.16. The topological polar surface area (TPSA) is 3.24 Å². The summed E-state index contributed by atoms with van der Waals surface area (Å²) in [6.07, 6.45) is 9.97. The maximum atomic E-state index is 2.35. The highest BCUT2D eigenvalue weighted by Gasteiger charge is 2.15. The second-order valence-electron chi connectivity index (χ2n) is 9.72. The predicted molar refractivity (Wildman–Crippen MR) is 170 cm³/mol. The summed E-state index contributed by atoms with van der Waals surface area (Å²) in [5.74, 6) is 0. The van der Waals surface area contributed by atoms with Crippen molar-refractivity contribution in [3.63, 3.8) is 0 Å². The average molecular weight is 518 g/mol. The summed E-state index contributed by atoms with van der Waals surface area (Å²) in [5.41, 5.74) is 8.49. The van der Waals surface area contributed by atoms with Gasteiger partial charge in [-0.3, -0.25) is 0 Å². The molecular weight excluding hydrogens is 490 g/mol. The van der Waals surface area contributed by atoms with Gasteiger partial charge in [0.2, 0.25) is 0 Å². The zero-order valence-corrected chi connectivity index (χ0v) is 22.3. The lowest BCUT2D eigenvalue weighted by atomic mass is 10.0. The molecule has 7 rings (SSSR count). The molecule has 6 aromatic rings. The van der Waals surface area contributed by atoms with Crippen molar-refractivity contribution in [3.8, 4) is 11.1 Å². The van der Waals surface area contributed by atoms with Crippen molar-refractivity contribution >= 4 is 48.5 Å². The van der Waals surface area contributed by atoms with Crippen LogP contribution in [0.15, 0.2) is 157 Å². The van der Waals surface area contributed by atoms with E-state index in [1.807, 2.05) is 11.3 Å². The van der Waals surface area contributed by atoms with Gasteiger partial charge in [0, 0.05) is 37.2 Å². The van der Waals surface area contributed by atoms with E-state index >= 15 is 0 Å². The minimum Gasteiger partial charge on any atom is -0.311 e. The molecule has 1 nitrogen and oxygen atoms in total. The number of allylic oxidation sites excluding steroid dienone is 5. The monoisotopic (exact) mass is 517 g/mol. The molecule has 5 aromatic carbocycles. The third-order valence-electron chi connectivity index (χ3n) is 7.32. The number of hydrogen-bond acceptors (Lipinski definition) is 2. The number of anilines is 2. The van der Waals surface area contributed by atoms with Crippen LogP contribution in [0.5, 0.6) is 0 Å². The smallest absolute Gasteiger partial charge is 0.0461 e. The van der Waals surface area contributed by atoms with Crippen molar-refractivity contribution < 1.29 is 0 Å². The van der Waals surface area contributed by atoms with Gasteiger partial charge >= 0.3 is 0 Å². The van der Waals surface area contributed by atoms with Gasteiger partial charge in [0.05, 0.1) is 0 Å². The molecule has 39 heavy (non-hydrogen) atoms. The van der Waals surface area contributed by atoms with E-state index in [2.05, 4.69) is 157 Å². The van der Waals surface area contributed by atoms with Crippen molar-refractivity contribution in [1.29, 1.82) is 0 Å². The Bertz CT molecular complexity index is 1860. The number of para-hydroxylation sites is 1. The Balaban J connectivity index is 1.27. The van der Waals surface area contributed by atoms with Gasteiger partial charge < -0.3 is 4.90 Å². The van der Waals surface area contributed by atoms with Crippen LogP contribution in [-0.2, 0) is 0 Å². The molecule has 186 valence electrons. The highest BCUT2D eigenvalue weighted by atomic mass is 32.1. The van der Waals surface area contributed by atoms with Gasteiger partial charge in [-0.15, -0.1) is 11.3 Å². The fourth-order valence-corrected chi connectivity index (χ4v) is 6.66. The van der Waals surface area contributed by atoms with Crippen LogP contribution >= 0.6 is 11.3 Å². The molecule has 0 aliphatic heterocycles. The minimum atomic E-state index is 0.877. The Morgan fingerprint density at radius 2 is 1.21 bits per heavy atom. The molecule has 1 aliphatic rings. The van der Waals surface area contributed by atoms with E-state index in [-0.39, 0.29) is 0 Å². The fourth-order valence-electron chi connectivity index (χ4n) is 5.42. The molecule has 0 saturated carbocycles. The van der Waals surface area contributed by atoms with E-state index in [0.717, 1.165) is 17.8 Å². The standard InChI is InChI=1S/C37H27NS/c1-3-11-27(12-4-1)28-13-9-16-31(24-21-28)38(30-14-5-2-6-15-30)32-25-22-29(23-26-32)33-18-10-19-35-34-17-7-8-20-36(34)39-37(33)35/h1-8,10-26H,9H2. The molecule has 0 radical (unpaired) electrons. The van der Waals surface area contributed by atoms with Crippen molar-refractivity contribution in [3.05, 3.63) is 163 Å². The van der Waals surface area contributed by atoms with Crippen LogP contribution in [0.25, 0.3) is 36.9 Å². The second kappa shape index (κ2) is 10.2. The minimum absolute atomic E-state index is 0.877. The van der Waals surface area contributed by atoms with Crippen molar-refractivity contribution in [2.24, 2.45) is 0 Å². The lowest BCUT2D eigenvalue weighted by Crippen LogP contribution is -2.15. The third kappa shape index (κ3) is 4.50. The van der Waals surface area contributed by atoms with Crippen molar-refractivity contribution in [1.82, 2.24) is 0 Å². The maximum Gasteiger partial charge on any atom is 0.0461 e.